The van der Waals surface area contributed by atoms with Crippen molar-refractivity contribution in [3.63, 3.8) is 0 Å². The Hall–Kier alpha value is -6.00. The van der Waals surface area contributed by atoms with Gasteiger partial charge in [-0.05, 0) is 145 Å². The van der Waals surface area contributed by atoms with Crippen molar-refractivity contribution < 1.29 is 0 Å². The summed E-state index contributed by atoms with van der Waals surface area (Å²) in [6.07, 6.45) is 0. The van der Waals surface area contributed by atoms with Crippen molar-refractivity contribution in [2.24, 2.45) is 0 Å². The number of benzene rings is 7. The van der Waals surface area contributed by atoms with Crippen LogP contribution < -0.4 is 31.1 Å². The van der Waals surface area contributed by atoms with Gasteiger partial charge in [0.05, 0.1) is 0 Å². The van der Waals surface area contributed by atoms with E-state index in [1.54, 1.807) is 0 Å². The van der Waals surface area contributed by atoms with E-state index in [9.17, 15) is 0 Å². The van der Waals surface area contributed by atoms with Gasteiger partial charge in [0.2, 0.25) is 0 Å². The van der Waals surface area contributed by atoms with Gasteiger partial charge in [0.25, 0.3) is 6.71 Å². The van der Waals surface area contributed by atoms with E-state index in [1.165, 1.54) is 72.8 Å². The zero-order valence-electron chi connectivity index (χ0n) is 38.9. The predicted molar refractivity (Wildman–Crippen MR) is 270 cm³/mol. The van der Waals surface area contributed by atoms with E-state index in [2.05, 4.69) is 256 Å². The molecule has 0 saturated carbocycles. The van der Waals surface area contributed by atoms with Crippen molar-refractivity contribution in [3.8, 4) is 0 Å². The number of hydrogen-bond acceptors (Lipinski definition) is 3. The molecule has 3 nitrogen and oxygen atoms in total. The van der Waals surface area contributed by atoms with Crippen molar-refractivity contribution in [1.29, 1.82) is 0 Å². The predicted octanol–water partition coefficient (Wildman–Crippen LogP) is 14.4. The van der Waals surface area contributed by atoms with Crippen LogP contribution in [-0.2, 0) is 21.7 Å². The van der Waals surface area contributed by atoms with Gasteiger partial charge in [-0.2, -0.15) is 0 Å². The molecule has 0 fully saturated rings. The molecule has 0 aromatic heterocycles. The maximum absolute atomic E-state index is 2.58. The zero-order valence-corrected chi connectivity index (χ0v) is 38.9. The Morgan fingerprint density at radius 1 is 0.339 bits per heavy atom. The monoisotopic (exact) mass is 812 g/mol. The molecule has 7 aromatic carbocycles. The van der Waals surface area contributed by atoms with E-state index >= 15 is 0 Å². The number of rotatable bonds is 5. The van der Waals surface area contributed by atoms with Gasteiger partial charge in [-0.25, -0.2) is 0 Å². The number of hydrogen-bond donors (Lipinski definition) is 0. The summed E-state index contributed by atoms with van der Waals surface area (Å²) < 4.78 is 0. The summed E-state index contributed by atoms with van der Waals surface area (Å²) in [4.78, 5) is 7.54. The lowest BCUT2D eigenvalue weighted by Crippen LogP contribution is -2.61. The lowest BCUT2D eigenvalue weighted by Gasteiger charge is -2.45. The van der Waals surface area contributed by atoms with Crippen LogP contribution in [0.5, 0.6) is 0 Å². The number of fused-ring (bicyclic) bond motifs is 4. The topological polar surface area (TPSA) is 9.72 Å². The van der Waals surface area contributed by atoms with Crippen molar-refractivity contribution in [1.82, 2.24) is 0 Å². The minimum absolute atomic E-state index is 0.00554. The standard InChI is InChI=1S/C58H62BN3/c1-55(2,3)39-32-40(56(4,5)6)35-46(34-39)61-50-27-20-19-26-48(50)59-49-38-45(60(43-22-15-13-16-23-43)44-24-17-14-18-25-44)30-31-51(49)62(53-29-21-28-52(61)54(53)59)47-36-41(57(7,8)9)33-42(37-47)58(10,11)12/h13-38H,1-12H3. The average molecular weight is 812 g/mol. The van der Waals surface area contributed by atoms with E-state index in [-0.39, 0.29) is 28.4 Å². The Kier molecular flexibility index (Phi) is 9.89. The summed E-state index contributed by atoms with van der Waals surface area (Å²) >= 11 is 0. The Bertz CT molecular complexity index is 2680. The van der Waals surface area contributed by atoms with Crippen LogP contribution in [-0.4, -0.2) is 6.71 Å². The molecule has 2 aliphatic rings. The summed E-state index contributed by atoms with van der Waals surface area (Å²) in [7, 11) is 0. The minimum atomic E-state index is -0.0401. The second kappa shape index (κ2) is 14.8. The third-order valence-electron chi connectivity index (χ3n) is 13.0. The normalized spacial score (nSPS) is 13.7. The molecule has 4 heteroatoms. The third-order valence-corrected chi connectivity index (χ3v) is 13.0. The molecule has 2 aliphatic heterocycles. The molecule has 0 saturated heterocycles. The Morgan fingerprint density at radius 2 is 0.726 bits per heavy atom. The Morgan fingerprint density at radius 3 is 1.16 bits per heavy atom. The largest absolute Gasteiger partial charge is 0.311 e. The lowest BCUT2D eigenvalue weighted by molar-refractivity contribution is 0.568. The summed E-state index contributed by atoms with van der Waals surface area (Å²) in [6, 6.07) is 59.6. The zero-order chi connectivity index (χ0) is 43.9. The highest BCUT2D eigenvalue weighted by atomic mass is 15.2. The second-order valence-electron chi connectivity index (χ2n) is 21.7. The SMILES string of the molecule is CC(C)(C)c1cc(N2c3ccccc3B3c4cc(N(c5ccccc5)c5ccccc5)ccc4N(c4cc(C(C)(C)C)cc(C(C)(C)C)c4)c4cccc2c43)cc(C(C)(C)C)c1. The third kappa shape index (κ3) is 7.32. The molecule has 7 aromatic rings. The molecule has 312 valence electrons. The first kappa shape index (κ1) is 41.4. The average Bonchev–Trinajstić information content (AvgIpc) is 3.23. The van der Waals surface area contributed by atoms with Gasteiger partial charge in [0.1, 0.15) is 0 Å². The van der Waals surface area contributed by atoms with Crippen molar-refractivity contribution in [2.75, 3.05) is 14.7 Å². The van der Waals surface area contributed by atoms with Crippen LogP contribution in [0.15, 0.2) is 158 Å². The molecule has 0 spiro atoms. The van der Waals surface area contributed by atoms with Crippen LogP contribution in [0.25, 0.3) is 0 Å². The minimum Gasteiger partial charge on any atom is -0.311 e. The fraction of sp³-hybridized carbons (Fsp3) is 0.276. The van der Waals surface area contributed by atoms with Gasteiger partial charge >= 0.3 is 0 Å². The molecule has 0 radical (unpaired) electrons. The van der Waals surface area contributed by atoms with Gasteiger partial charge in [0, 0.05) is 51.2 Å². The number of nitrogens with zero attached hydrogens (tertiary/aromatic N) is 3. The molecule has 0 aliphatic carbocycles. The summed E-state index contributed by atoms with van der Waals surface area (Å²) in [6.45, 7) is 28.0. The van der Waals surface area contributed by atoms with Gasteiger partial charge in [-0.15, -0.1) is 0 Å². The second-order valence-corrected chi connectivity index (χ2v) is 21.7. The molecule has 0 unspecified atom stereocenters. The first-order chi connectivity index (χ1) is 29.3. The van der Waals surface area contributed by atoms with Crippen molar-refractivity contribution in [3.05, 3.63) is 180 Å². The van der Waals surface area contributed by atoms with E-state index in [0.29, 0.717) is 0 Å². The van der Waals surface area contributed by atoms with Crippen LogP contribution >= 0.6 is 0 Å². The molecule has 9 rings (SSSR count). The maximum Gasteiger partial charge on any atom is 0.252 e. The van der Waals surface area contributed by atoms with Crippen molar-refractivity contribution in [2.45, 2.75) is 105 Å². The maximum atomic E-state index is 2.58. The fourth-order valence-electron chi connectivity index (χ4n) is 9.39. The van der Waals surface area contributed by atoms with E-state index in [0.717, 1.165) is 17.1 Å². The lowest BCUT2D eigenvalue weighted by atomic mass is 9.33. The van der Waals surface area contributed by atoms with Crippen LogP contribution in [0.1, 0.15) is 105 Å². The van der Waals surface area contributed by atoms with Crippen LogP contribution in [0, 0.1) is 0 Å². The van der Waals surface area contributed by atoms with Crippen LogP contribution in [0.2, 0.25) is 0 Å². The first-order valence-electron chi connectivity index (χ1n) is 22.5. The van der Waals surface area contributed by atoms with E-state index in [4.69, 9.17) is 0 Å². The molecular formula is C58H62BN3. The molecule has 0 amide bonds. The van der Waals surface area contributed by atoms with Gasteiger partial charge in [-0.3, -0.25) is 0 Å². The van der Waals surface area contributed by atoms with Gasteiger partial charge in [-0.1, -0.05) is 156 Å². The highest BCUT2D eigenvalue weighted by Crippen LogP contribution is 2.47. The first-order valence-corrected chi connectivity index (χ1v) is 22.5. The molecular weight excluding hydrogens is 749 g/mol. The smallest absolute Gasteiger partial charge is 0.252 e. The quantitative estimate of drug-likeness (QED) is 0.160. The molecule has 2 heterocycles. The highest BCUT2D eigenvalue weighted by molar-refractivity contribution is 7.00. The van der Waals surface area contributed by atoms with E-state index < -0.39 is 0 Å². The molecule has 0 bridgehead atoms. The molecule has 0 atom stereocenters. The number of anilines is 9. The fourth-order valence-corrected chi connectivity index (χ4v) is 9.39. The summed E-state index contributed by atoms with van der Waals surface area (Å²) in [5.41, 5.74) is 19.9. The molecule has 0 N–H and O–H groups in total. The van der Waals surface area contributed by atoms with Crippen LogP contribution in [0.3, 0.4) is 0 Å². The van der Waals surface area contributed by atoms with Crippen molar-refractivity contribution >= 4 is 74.3 Å². The van der Waals surface area contributed by atoms with Gasteiger partial charge in [0.15, 0.2) is 0 Å². The Labute approximate surface area is 372 Å². The van der Waals surface area contributed by atoms with Crippen LogP contribution in [0.4, 0.5) is 51.2 Å². The highest BCUT2D eigenvalue weighted by Gasteiger charge is 2.44. The van der Waals surface area contributed by atoms with Gasteiger partial charge < -0.3 is 14.7 Å². The van der Waals surface area contributed by atoms with E-state index in [1.807, 2.05) is 0 Å². The summed E-state index contributed by atoms with van der Waals surface area (Å²) in [5, 5.41) is 0. The molecule has 62 heavy (non-hydrogen) atoms. The number of para-hydroxylation sites is 3. The summed E-state index contributed by atoms with van der Waals surface area (Å²) in [5.74, 6) is 0. The Balaban J connectivity index is 1.37.